The zero-order valence-corrected chi connectivity index (χ0v) is 12.5. The molecule has 6 nitrogen and oxygen atoms in total. The molecule has 7 heteroatoms. The van der Waals surface area contributed by atoms with Crippen molar-refractivity contribution < 1.29 is 14.2 Å². The van der Waals surface area contributed by atoms with Crippen LogP contribution in [-0.4, -0.2) is 27.3 Å². The van der Waals surface area contributed by atoms with E-state index in [2.05, 4.69) is 15.1 Å². The Hall–Kier alpha value is -2.28. The Morgan fingerprint density at radius 3 is 2.86 bits per heavy atom. The Morgan fingerprint density at radius 2 is 2.18 bits per heavy atom. The number of hydrogen-bond donors (Lipinski definition) is 2. The summed E-state index contributed by atoms with van der Waals surface area (Å²) in [5.74, 6) is 2.54. The van der Waals surface area contributed by atoms with Gasteiger partial charge in [-0.05, 0) is 25.8 Å². The minimum atomic E-state index is -1.11. The number of nitrogens with zero attached hydrogens (tertiary/aromatic N) is 2. The van der Waals surface area contributed by atoms with Gasteiger partial charge in [-0.25, -0.2) is 4.98 Å². The number of aromatic nitrogens is 3. The highest BCUT2D eigenvalue weighted by molar-refractivity contribution is 6.63. The molecular formula is C15H16BN3O3. The monoisotopic (exact) mass is 297 g/mol. The number of benzene rings is 1. The van der Waals surface area contributed by atoms with E-state index in [4.69, 9.17) is 9.18 Å². The number of aromatic amines is 1. The highest BCUT2D eigenvalue weighted by Gasteiger charge is 2.30. The molecule has 112 valence electrons. The van der Waals surface area contributed by atoms with Crippen molar-refractivity contribution in [2.24, 2.45) is 0 Å². The molecule has 0 aliphatic heterocycles. The van der Waals surface area contributed by atoms with E-state index in [1.54, 1.807) is 13.8 Å². The van der Waals surface area contributed by atoms with Crippen LogP contribution in [0.3, 0.4) is 0 Å². The summed E-state index contributed by atoms with van der Waals surface area (Å²) in [6.07, 6.45) is 2.35. The van der Waals surface area contributed by atoms with Gasteiger partial charge in [0.2, 0.25) is 0 Å². The minimum Gasteiger partial charge on any atom is -0.529 e. The molecule has 2 heterocycles. The van der Waals surface area contributed by atoms with E-state index in [9.17, 15) is 5.02 Å². The second kappa shape index (κ2) is 4.88. The van der Waals surface area contributed by atoms with Crippen molar-refractivity contribution >= 4 is 23.6 Å². The van der Waals surface area contributed by atoms with Crippen molar-refractivity contribution in [3.8, 4) is 5.75 Å². The molecule has 0 amide bonds. The number of imidazole rings is 1. The van der Waals surface area contributed by atoms with Gasteiger partial charge in [0.1, 0.15) is 11.5 Å². The van der Waals surface area contributed by atoms with Crippen LogP contribution in [-0.2, 0) is 0 Å². The maximum absolute atomic E-state index is 10.5. The highest BCUT2D eigenvalue weighted by Crippen LogP contribution is 2.38. The first-order valence-corrected chi connectivity index (χ1v) is 7.39. The number of rotatable bonds is 4. The molecule has 1 saturated carbocycles. The van der Waals surface area contributed by atoms with Gasteiger partial charge in [0.15, 0.2) is 11.5 Å². The lowest BCUT2D eigenvalue weighted by Gasteiger charge is -2.09. The average molecular weight is 297 g/mol. The molecule has 1 aromatic carbocycles. The van der Waals surface area contributed by atoms with Crippen LogP contribution in [0.25, 0.3) is 11.0 Å². The first kappa shape index (κ1) is 13.4. The molecule has 2 N–H and O–H groups in total. The predicted molar refractivity (Wildman–Crippen MR) is 82.3 cm³/mol. The standard InChI is InChI=1S/C15H16BN3O3/c1-8-14(9(2)22-19-8)21-16(20)11-4-3-5-12-13(11)18-15(17-12)10-6-7-10/h3-5,10,20H,6-7H2,1-2H3,(H,17,18). The highest BCUT2D eigenvalue weighted by atomic mass is 16.5. The summed E-state index contributed by atoms with van der Waals surface area (Å²) >= 11 is 0. The smallest absolute Gasteiger partial charge is 0.529 e. The molecular weight excluding hydrogens is 281 g/mol. The molecule has 1 aliphatic rings. The second-order valence-corrected chi connectivity index (χ2v) is 5.76. The van der Waals surface area contributed by atoms with Crippen molar-refractivity contribution in [3.05, 3.63) is 35.5 Å². The molecule has 1 fully saturated rings. The van der Waals surface area contributed by atoms with E-state index in [0.29, 0.717) is 28.6 Å². The first-order chi connectivity index (χ1) is 10.6. The lowest BCUT2D eigenvalue weighted by atomic mass is 9.78. The minimum absolute atomic E-state index is 0.474. The van der Waals surface area contributed by atoms with Crippen LogP contribution in [0.15, 0.2) is 22.7 Å². The van der Waals surface area contributed by atoms with Crippen LogP contribution in [0.2, 0.25) is 0 Å². The van der Waals surface area contributed by atoms with Crippen LogP contribution in [0.1, 0.15) is 36.0 Å². The van der Waals surface area contributed by atoms with Crippen molar-refractivity contribution in [2.75, 3.05) is 0 Å². The molecule has 0 atom stereocenters. The van der Waals surface area contributed by atoms with E-state index in [-0.39, 0.29) is 0 Å². The summed E-state index contributed by atoms with van der Waals surface area (Å²) in [6, 6.07) is 5.66. The normalized spacial score (nSPS) is 14.5. The molecule has 3 aromatic rings. The Balaban J connectivity index is 1.70. The van der Waals surface area contributed by atoms with E-state index in [1.165, 1.54) is 12.8 Å². The fourth-order valence-corrected chi connectivity index (χ4v) is 2.64. The average Bonchev–Trinajstić information content (AvgIpc) is 3.20. The van der Waals surface area contributed by atoms with Crippen LogP contribution >= 0.6 is 0 Å². The molecule has 22 heavy (non-hydrogen) atoms. The predicted octanol–water partition coefficient (Wildman–Crippen LogP) is 1.81. The van der Waals surface area contributed by atoms with Crippen molar-refractivity contribution in [3.63, 3.8) is 0 Å². The summed E-state index contributed by atoms with van der Waals surface area (Å²) in [7, 11) is -1.11. The third kappa shape index (κ3) is 2.18. The molecule has 2 aromatic heterocycles. The topological polar surface area (TPSA) is 84.2 Å². The van der Waals surface area contributed by atoms with Crippen LogP contribution in [0, 0.1) is 13.8 Å². The summed E-state index contributed by atoms with van der Waals surface area (Å²) in [6.45, 7) is 3.53. The van der Waals surface area contributed by atoms with E-state index in [1.807, 2.05) is 18.2 Å². The summed E-state index contributed by atoms with van der Waals surface area (Å²) in [5, 5.41) is 14.3. The summed E-state index contributed by atoms with van der Waals surface area (Å²) in [4.78, 5) is 7.96. The fourth-order valence-electron chi connectivity index (χ4n) is 2.64. The number of fused-ring (bicyclic) bond motifs is 1. The zero-order chi connectivity index (χ0) is 15.3. The van der Waals surface area contributed by atoms with Gasteiger partial charge >= 0.3 is 7.12 Å². The van der Waals surface area contributed by atoms with Crippen molar-refractivity contribution in [1.82, 2.24) is 15.1 Å². The quantitative estimate of drug-likeness (QED) is 0.717. The van der Waals surface area contributed by atoms with Gasteiger partial charge in [0.05, 0.1) is 11.0 Å². The molecule has 0 unspecified atom stereocenters. The van der Waals surface area contributed by atoms with E-state index in [0.717, 1.165) is 16.9 Å². The van der Waals surface area contributed by atoms with Gasteiger partial charge in [-0.2, -0.15) is 0 Å². The van der Waals surface area contributed by atoms with Gasteiger partial charge in [0, 0.05) is 18.3 Å². The lowest BCUT2D eigenvalue weighted by molar-refractivity contribution is 0.382. The van der Waals surface area contributed by atoms with Gasteiger partial charge in [0.25, 0.3) is 0 Å². The third-order valence-electron chi connectivity index (χ3n) is 3.99. The number of para-hydroxylation sites is 1. The fraction of sp³-hybridized carbons (Fsp3) is 0.333. The van der Waals surface area contributed by atoms with Gasteiger partial charge in [-0.15, -0.1) is 0 Å². The molecule has 4 rings (SSSR count). The molecule has 0 saturated heterocycles. The Bertz CT molecular complexity index is 818. The SMILES string of the molecule is Cc1noc(C)c1OB(O)c1cccc2[nH]c(C3CC3)nc12. The van der Waals surface area contributed by atoms with Crippen molar-refractivity contribution in [2.45, 2.75) is 32.6 Å². The summed E-state index contributed by atoms with van der Waals surface area (Å²) < 4.78 is 10.7. The molecule has 0 bridgehead atoms. The maximum atomic E-state index is 10.5. The Morgan fingerprint density at radius 1 is 1.36 bits per heavy atom. The Kier molecular flexibility index (Phi) is 2.97. The maximum Gasteiger partial charge on any atom is 0.562 e. The second-order valence-electron chi connectivity index (χ2n) is 5.76. The number of hydrogen-bond acceptors (Lipinski definition) is 5. The van der Waals surface area contributed by atoms with Crippen molar-refractivity contribution in [1.29, 1.82) is 0 Å². The Labute approximate surface area is 127 Å². The summed E-state index contributed by atoms with van der Waals surface area (Å²) in [5.41, 5.74) is 2.93. The molecule has 0 spiro atoms. The van der Waals surface area contributed by atoms with E-state index < -0.39 is 7.12 Å². The zero-order valence-electron chi connectivity index (χ0n) is 12.5. The number of H-pyrrole nitrogens is 1. The van der Waals surface area contributed by atoms with E-state index >= 15 is 0 Å². The molecule has 1 aliphatic carbocycles. The first-order valence-electron chi connectivity index (χ1n) is 7.39. The molecule has 0 radical (unpaired) electrons. The number of nitrogens with one attached hydrogen (secondary N) is 1. The largest absolute Gasteiger partial charge is 0.562 e. The third-order valence-corrected chi connectivity index (χ3v) is 3.99. The van der Waals surface area contributed by atoms with Crippen LogP contribution < -0.4 is 10.1 Å². The lowest BCUT2D eigenvalue weighted by Crippen LogP contribution is -2.37. The number of aryl methyl sites for hydroxylation is 2. The van der Waals surface area contributed by atoms with Gasteiger partial charge < -0.3 is 19.2 Å². The van der Waals surface area contributed by atoms with Crippen LogP contribution in [0.5, 0.6) is 5.75 Å². The van der Waals surface area contributed by atoms with Gasteiger partial charge in [-0.3, -0.25) is 0 Å². The van der Waals surface area contributed by atoms with Crippen LogP contribution in [0.4, 0.5) is 0 Å². The van der Waals surface area contributed by atoms with Gasteiger partial charge in [-0.1, -0.05) is 17.3 Å².